The van der Waals surface area contributed by atoms with E-state index in [9.17, 15) is 9.59 Å². The van der Waals surface area contributed by atoms with Crippen LogP contribution in [-0.2, 0) is 22.5 Å². The van der Waals surface area contributed by atoms with Gasteiger partial charge in [-0.05, 0) is 44.5 Å². The zero-order chi connectivity index (χ0) is 23.1. The summed E-state index contributed by atoms with van der Waals surface area (Å²) in [5, 5.41) is 12.3. The second kappa shape index (κ2) is 11.2. The average molecular weight is 473 g/mol. The number of amides is 1. The molecule has 168 valence electrons. The molecule has 0 aliphatic rings. The fourth-order valence-electron chi connectivity index (χ4n) is 3.00. The first-order valence-corrected chi connectivity index (χ1v) is 11.6. The number of esters is 1. The molecular weight excluding hydrogens is 448 g/mol. The molecule has 3 rings (SSSR count). The van der Waals surface area contributed by atoms with Gasteiger partial charge in [0.1, 0.15) is 5.82 Å². The number of aromatic nitrogens is 3. The van der Waals surface area contributed by atoms with E-state index in [0.29, 0.717) is 34.4 Å². The Morgan fingerprint density at radius 3 is 2.59 bits per heavy atom. The number of benzene rings is 2. The predicted octanol–water partition coefficient (Wildman–Crippen LogP) is 4.84. The van der Waals surface area contributed by atoms with Crippen LogP contribution < -0.4 is 5.32 Å². The fourth-order valence-corrected chi connectivity index (χ4v) is 3.99. The summed E-state index contributed by atoms with van der Waals surface area (Å²) in [5.74, 6) is 0.242. The van der Waals surface area contributed by atoms with E-state index in [1.165, 1.54) is 17.8 Å². The Balaban J connectivity index is 1.63. The second-order valence-electron chi connectivity index (χ2n) is 7.29. The van der Waals surface area contributed by atoms with Gasteiger partial charge in [-0.25, -0.2) is 4.79 Å². The van der Waals surface area contributed by atoms with E-state index in [0.717, 1.165) is 11.4 Å². The van der Waals surface area contributed by atoms with Crippen LogP contribution >= 0.6 is 23.4 Å². The Labute approximate surface area is 196 Å². The maximum absolute atomic E-state index is 12.5. The number of anilines is 1. The highest BCUT2D eigenvalue weighted by Crippen LogP contribution is 2.25. The van der Waals surface area contributed by atoms with E-state index in [1.807, 2.05) is 41.8 Å². The van der Waals surface area contributed by atoms with E-state index in [2.05, 4.69) is 15.5 Å². The summed E-state index contributed by atoms with van der Waals surface area (Å²) in [6.45, 7) is 6.26. The highest BCUT2D eigenvalue weighted by molar-refractivity contribution is 7.99. The van der Waals surface area contributed by atoms with Gasteiger partial charge in [0.25, 0.3) is 0 Å². The quantitative estimate of drug-likeness (QED) is 0.354. The van der Waals surface area contributed by atoms with Crippen molar-refractivity contribution >= 4 is 40.9 Å². The lowest BCUT2D eigenvalue weighted by Gasteiger charge is -2.11. The molecule has 32 heavy (non-hydrogen) atoms. The van der Waals surface area contributed by atoms with E-state index in [4.69, 9.17) is 16.3 Å². The van der Waals surface area contributed by atoms with Crippen LogP contribution in [0.4, 0.5) is 5.69 Å². The largest absolute Gasteiger partial charge is 0.459 e. The summed E-state index contributed by atoms with van der Waals surface area (Å²) in [6.07, 6.45) is 0.430. The van der Waals surface area contributed by atoms with Crippen molar-refractivity contribution in [1.82, 2.24) is 14.8 Å². The van der Waals surface area contributed by atoms with E-state index in [-0.39, 0.29) is 17.8 Å². The molecule has 0 aliphatic heterocycles. The van der Waals surface area contributed by atoms with Crippen molar-refractivity contribution in [2.75, 3.05) is 11.1 Å². The molecule has 1 N–H and O–H groups in total. The molecule has 0 spiro atoms. The van der Waals surface area contributed by atoms with Crippen molar-refractivity contribution in [3.05, 3.63) is 70.5 Å². The maximum atomic E-state index is 12.5. The van der Waals surface area contributed by atoms with Crippen molar-refractivity contribution in [2.45, 2.75) is 45.0 Å². The number of halogens is 1. The van der Waals surface area contributed by atoms with Gasteiger partial charge in [-0.15, -0.1) is 10.2 Å². The molecule has 3 aromatic rings. The molecule has 1 amide bonds. The third-order valence-corrected chi connectivity index (χ3v) is 5.76. The number of rotatable bonds is 9. The van der Waals surface area contributed by atoms with Gasteiger partial charge in [-0.1, -0.05) is 53.7 Å². The van der Waals surface area contributed by atoms with Crippen LogP contribution in [0.1, 0.15) is 42.5 Å². The molecule has 0 bridgehead atoms. The Kier molecular flexibility index (Phi) is 8.30. The number of hydrogen-bond acceptors (Lipinski definition) is 6. The van der Waals surface area contributed by atoms with Gasteiger partial charge in [-0.3, -0.25) is 4.79 Å². The van der Waals surface area contributed by atoms with Gasteiger partial charge in [0.2, 0.25) is 5.91 Å². The topological polar surface area (TPSA) is 86.1 Å². The smallest absolute Gasteiger partial charge is 0.338 e. The third-order valence-electron chi connectivity index (χ3n) is 4.47. The first-order valence-electron chi connectivity index (χ1n) is 10.3. The molecule has 1 heterocycles. The van der Waals surface area contributed by atoms with Crippen molar-refractivity contribution in [3.63, 3.8) is 0 Å². The van der Waals surface area contributed by atoms with Crippen LogP contribution in [-0.4, -0.2) is 38.5 Å². The van der Waals surface area contributed by atoms with Gasteiger partial charge in [0, 0.05) is 13.0 Å². The Morgan fingerprint density at radius 1 is 1.16 bits per heavy atom. The summed E-state index contributed by atoms with van der Waals surface area (Å²) >= 11 is 7.49. The Morgan fingerprint density at radius 2 is 1.91 bits per heavy atom. The molecule has 0 unspecified atom stereocenters. The Hall–Kier alpha value is -2.84. The molecule has 0 radical (unpaired) electrons. The highest BCUT2D eigenvalue weighted by atomic mass is 35.5. The molecule has 0 fully saturated rings. The summed E-state index contributed by atoms with van der Waals surface area (Å²) < 4.78 is 7.20. The zero-order valence-electron chi connectivity index (χ0n) is 18.2. The summed E-state index contributed by atoms with van der Waals surface area (Å²) in [4.78, 5) is 24.6. The standard InChI is InChI=1S/C23H25ClN4O3S/c1-4-28-20(12-16-8-6-5-7-9-16)26-27-23(28)32-14-21(29)25-19-13-17(10-11-18(19)24)22(30)31-15(2)3/h5-11,13,15H,4,12,14H2,1-3H3,(H,25,29). The van der Waals surface area contributed by atoms with Crippen LogP contribution in [0.5, 0.6) is 0 Å². The van der Waals surface area contributed by atoms with Crippen molar-refractivity contribution < 1.29 is 14.3 Å². The normalized spacial score (nSPS) is 10.9. The number of ether oxygens (including phenoxy) is 1. The second-order valence-corrected chi connectivity index (χ2v) is 8.64. The zero-order valence-corrected chi connectivity index (χ0v) is 19.7. The minimum atomic E-state index is -0.469. The van der Waals surface area contributed by atoms with Gasteiger partial charge < -0.3 is 14.6 Å². The van der Waals surface area contributed by atoms with Crippen molar-refractivity contribution in [2.24, 2.45) is 0 Å². The fraction of sp³-hybridized carbons (Fsp3) is 0.304. The molecule has 0 saturated carbocycles. The van der Waals surface area contributed by atoms with Gasteiger partial charge in [0.15, 0.2) is 5.16 Å². The van der Waals surface area contributed by atoms with Gasteiger partial charge in [-0.2, -0.15) is 0 Å². The SMILES string of the molecule is CCn1c(Cc2ccccc2)nnc1SCC(=O)Nc1cc(C(=O)OC(C)C)ccc1Cl. The lowest BCUT2D eigenvalue weighted by atomic mass is 10.1. The molecule has 9 heteroatoms. The number of nitrogens with zero attached hydrogens (tertiary/aromatic N) is 3. The lowest BCUT2D eigenvalue weighted by Crippen LogP contribution is -2.16. The number of nitrogens with one attached hydrogen (secondary N) is 1. The number of carbonyl (C=O) groups excluding carboxylic acids is 2. The summed E-state index contributed by atoms with van der Waals surface area (Å²) in [7, 11) is 0. The van der Waals surface area contributed by atoms with Gasteiger partial charge >= 0.3 is 5.97 Å². The molecular formula is C23H25ClN4O3S. The first-order chi connectivity index (χ1) is 15.4. The van der Waals surface area contributed by atoms with E-state index in [1.54, 1.807) is 26.0 Å². The van der Waals surface area contributed by atoms with Crippen LogP contribution in [0.15, 0.2) is 53.7 Å². The van der Waals surface area contributed by atoms with Crippen LogP contribution in [0.25, 0.3) is 0 Å². The monoisotopic (exact) mass is 472 g/mol. The summed E-state index contributed by atoms with van der Waals surface area (Å²) in [5.41, 5.74) is 1.83. The average Bonchev–Trinajstić information content (AvgIpc) is 3.15. The lowest BCUT2D eigenvalue weighted by molar-refractivity contribution is -0.113. The molecule has 1 aromatic heterocycles. The van der Waals surface area contributed by atoms with Crippen LogP contribution in [0.2, 0.25) is 5.02 Å². The Bertz CT molecular complexity index is 1090. The minimum absolute atomic E-state index is 0.125. The maximum Gasteiger partial charge on any atom is 0.338 e. The number of thioether (sulfide) groups is 1. The number of carbonyl (C=O) groups is 2. The van der Waals surface area contributed by atoms with Crippen molar-refractivity contribution in [1.29, 1.82) is 0 Å². The predicted molar refractivity (Wildman–Crippen MR) is 126 cm³/mol. The minimum Gasteiger partial charge on any atom is -0.459 e. The molecule has 2 aromatic carbocycles. The summed E-state index contributed by atoms with van der Waals surface area (Å²) in [6, 6.07) is 14.7. The highest BCUT2D eigenvalue weighted by Gasteiger charge is 2.16. The number of hydrogen-bond donors (Lipinski definition) is 1. The first kappa shape index (κ1) is 23.8. The van der Waals surface area contributed by atoms with Crippen LogP contribution in [0, 0.1) is 0 Å². The molecule has 7 nitrogen and oxygen atoms in total. The molecule has 0 aliphatic carbocycles. The van der Waals surface area contributed by atoms with E-state index >= 15 is 0 Å². The van der Waals surface area contributed by atoms with Crippen LogP contribution in [0.3, 0.4) is 0 Å². The molecule has 0 saturated heterocycles. The third kappa shape index (κ3) is 6.34. The van der Waals surface area contributed by atoms with Crippen molar-refractivity contribution in [3.8, 4) is 0 Å². The van der Waals surface area contributed by atoms with Gasteiger partial charge in [0.05, 0.1) is 28.1 Å². The molecule has 0 atom stereocenters. The van der Waals surface area contributed by atoms with E-state index < -0.39 is 5.97 Å².